The zero-order chi connectivity index (χ0) is 14.9. The van der Waals surface area contributed by atoms with E-state index in [1.165, 1.54) is 11.3 Å². The largest absolute Gasteiger partial charge is 0.397 e. The molecule has 0 radical (unpaired) electrons. The van der Waals surface area contributed by atoms with Crippen molar-refractivity contribution in [2.24, 2.45) is 0 Å². The van der Waals surface area contributed by atoms with E-state index in [-0.39, 0.29) is 5.91 Å². The topological polar surface area (TPSA) is 69.8 Å². The molecule has 1 aliphatic heterocycles. The van der Waals surface area contributed by atoms with Crippen molar-refractivity contribution in [3.8, 4) is 0 Å². The van der Waals surface area contributed by atoms with Gasteiger partial charge in [-0.05, 0) is 32.3 Å². The smallest absolute Gasteiger partial charge is 0.265 e. The number of aliphatic hydroxyl groups is 1. The van der Waals surface area contributed by atoms with Crippen LogP contribution < -0.4 is 10.6 Å². The number of amides is 1. The molecular formula is C14H23N3O2S. The van der Waals surface area contributed by atoms with Crippen molar-refractivity contribution in [2.45, 2.75) is 31.8 Å². The van der Waals surface area contributed by atoms with E-state index in [9.17, 15) is 9.90 Å². The van der Waals surface area contributed by atoms with Crippen molar-refractivity contribution in [2.75, 3.05) is 37.8 Å². The Morgan fingerprint density at radius 2 is 2.15 bits per heavy atom. The Morgan fingerprint density at radius 1 is 1.45 bits per heavy atom. The number of anilines is 2. The van der Waals surface area contributed by atoms with Crippen LogP contribution in [0.5, 0.6) is 0 Å². The molecule has 1 saturated heterocycles. The Bertz CT molecular complexity index is 497. The summed E-state index contributed by atoms with van der Waals surface area (Å²) in [7, 11) is 3.45. The number of rotatable bonds is 2. The fourth-order valence-corrected chi connectivity index (χ4v) is 3.55. The van der Waals surface area contributed by atoms with Crippen LogP contribution >= 0.6 is 11.3 Å². The summed E-state index contributed by atoms with van der Waals surface area (Å²) in [5, 5.41) is 11.2. The highest BCUT2D eigenvalue weighted by Crippen LogP contribution is 2.35. The molecule has 0 saturated carbocycles. The average molecular weight is 297 g/mol. The van der Waals surface area contributed by atoms with Gasteiger partial charge in [0.15, 0.2) is 0 Å². The van der Waals surface area contributed by atoms with Gasteiger partial charge in [-0.3, -0.25) is 4.79 Å². The van der Waals surface area contributed by atoms with E-state index in [0.717, 1.165) is 37.4 Å². The lowest BCUT2D eigenvalue weighted by atomic mass is 9.98. The summed E-state index contributed by atoms with van der Waals surface area (Å²) in [6.07, 6.45) is 2.50. The van der Waals surface area contributed by atoms with Gasteiger partial charge in [0, 0.05) is 27.2 Å². The fourth-order valence-electron chi connectivity index (χ4n) is 2.40. The number of hydrogen-bond donors (Lipinski definition) is 2. The van der Waals surface area contributed by atoms with Gasteiger partial charge in [-0.2, -0.15) is 0 Å². The second kappa shape index (κ2) is 5.61. The van der Waals surface area contributed by atoms with Crippen LogP contribution in [0, 0.1) is 0 Å². The van der Waals surface area contributed by atoms with Gasteiger partial charge in [0.2, 0.25) is 0 Å². The maximum Gasteiger partial charge on any atom is 0.265 e. The summed E-state index contributed by atoms with van der Waals surface area (Å²) >= 11 is 1.44. The zero-order valence-electron chi connectivity index (χ0n) is 12.3. The number of hydrogen-bond acceptors (Lipinski definition) is 5. The molecule has 112 valence electrons. The van der Waals surface area contributed by atoms with Crippen molar-refractivity contribution in [1.82, 2.24) is 4.90 Å². The monoisotopic (exact) mass is 297 g/mol. The van der Waals surface area contributed by atoms with Crippen LogP contribution in [-0.2, 0) is 0 Å². The van der Waals surface area contributed by atoms with Crippen LogP contribution in [0.25, 0.3) is 0 Å². The molecule has 1 aromatic heterocycles. The van der Waals surface area contributed by atoms with Gasteiger partial charge in [0.05, 0.1) is 16.3 Å². The minimum absolute atomic E-state index is 0.0550. The molecule has 6 heteroatoms. The molecule has 0 spiro atoms. The van der Waals surface area contributed by atoms with Crippen LogP contribution in [0.1, 0.15) is 35.9 Å². The molecule has 5 nitrogen and oxygen atoms in total. The molecule has 20 heavy (non-hydrogen) atoms. The van der Waals surface area contributed by atoms with E-state index >= 15 is 0 Å². The third-order valence-electron chi connectivity index (χ3n) is 3.72. The third-order valence-corrected chi connectivity index (χ3v) is 4.92. The van der Waals surface area contributed by atoms with Gasteiger partial charge in [0.25, 0.3) is 5.91 Å². The Morgan fingerprint density at radius 3 is 2.80 bits per heavy atom. The second-order valence-corrected chi connectivity index (χ2v) is 6.94. The number of nitrogen functional groups attached to an aromatic ring is 1. The second-order valence-electron chi connectivity index (χ2n) is 5.91. The van der Waals surface area contributed by atoms with Crippen LogP contribution in [0.4, 0.5) is 10.7 Å². The summed E-state index contributed by atoms with van der Waals surface area (Å²) in [4.78, 5) is 16.4. The van der Waals surface area contributed by atoms with E-state index in [0.29, 0.717) is 10.6 Å². The number of thiophene rings is 1. The minimum Gasteiger partial charge on any atom is -0.397 e. The lowest BCUT2D eigenvalue weighted by molar-refractivity contribution is 0.0481. The Labute approximate surface area is 124 Å². The summed E-state index contributed by atoms with van der Waals surface area (Å²) in [5.74, 6) is -0.0550. The molecule has 1 aliphatic rings. The Kier molecular flexibility index (Phi) is 4.25. The molecule has 0 bridgehead atoms. The summed E-state index contributed by atoms with van der Waals surface area (Å²) in [6.45, 7) is 3.58. The average Bonchev–Trinajstić information content (AvgIpc) is 2.64. The van der Waals surface area contributed by atoms with E-state index in [1.54, 1.807) is 19.0 Å². The molecule has 1 atom stereocenters. The highest BCUT2D eigenvalue weighted by atomic mass is 32.1. The van der Waals surface area contributed by atoms with Gasteiger partial charge in [-0.15, -0.1) is 11.3 Å². The van der Waals surface area contributed by atoms with Crippen LogP contribution in [0.15, 0.2) is 6.07 Å². The van der Waals surface area contributed by atoms with Gasteiger partial charge >= 0.3 is 0 Å². The summed E-state index contributed by atoms with van der Waals surface area (Å²) in [6, 6.07) is 1.88. The summed E-state index contributed by atoms with van der Waals surface area (Å²) in [5.41, 5.74) is 5.92. The standard InChI is InChI=1S/C14H23N3O2S/c1-14(19)5-4-7-17(8-6-14)11-9-10(15)12(20-11)13(18)16(2)3/h9,19H,4-8,15H2,1-3H3. The van der Waals surface area contributed by atoms with Crippen LogP contribution in [0.2, 0.25) is 0 Å². The molecule has 1 amide bonds. The Hall–Kier alpha value is -1.27. The molecule has 1 fully saturated rings. The van der Waals surface area contributed by atoms with Gasteiger partial charge in [-0.1, -0.05) is 0 Å². The van der Waals surface area contributed by atoms with E-state index in [4.69, 9.17) is 5.73 Å². The number of carbonyl (C=O) groups is 1. The molecular weight excluding hydrogens is 274 g/mol. The quantitative estimate of drug-likeness (QED) is 0.873. The van der Waals surface area contributed by atoms with Crippen molar-refractivity contribution in [1.29, 1.82) is 0 Å². The number of carbonyl (C=O) groups excluding carboxylic acids is 1. The van der Waals surface area contributed by atoms with Crippen LogP contribution in [-0.4, -0.2) is 48.7 Å². The number of nitrogens with zero attached hydrogens (tertiary/aromatic N) is 2. The lowest BCUT2D eigenvalue weighted by Crippen LogP contribution is -2.27. The zero-order valence-corrected chi connectivity index (χ0v) is 13.2. The molecule has 1 aromatic rings. The molecule has 2 rings (SSSR count). The molecule has 3 N–H and O–H groups in total. The van der Waals surface area contributed by atoms with Gasteiger partial charge in [0.1, 0.15) is 4.88 Å². The van der Waals surface area contributed by atoms with Gasteiger partial charge in [-0.25, -0.2) is 0 Å². The maximum atomic E-state index is 12.0. The predicted molar refractivity (Wildman–Crippen MR) is 83.4 cm³/mol. The normalized spacial score (nSPS) is 23.5. The van der Waals surface area contributed by atoms with Gasteiger partial charge < -0.3 is 20.6 Å². The van der Waals surface area contributed by atoms with Crippen LogP contribution in [0.3, 0.4) is 0 Å². The van der Waals surface area contributed by atoms with Crippen molar-refractivity contribution in [3.05, 3.63) is 10.9 Å². The van der Waals surface area contributed by atoms with Crippen molar-refractivity contribution < 1.29 is 9.90 Å². The minimum atomic E-state index is -0.583. The highest BCUT2D eigenvalue weighted by Gasteiger charge is 2.26. The maximum absolute atomic E-state index is 12.0. The van der Waals surface area contributed by atoms with E-state index in [1.807, 2.05) is 13.0 Å². The predicted octanol–water partition coefficient (Wildman–Crippen LogP) is 1.77. The van der Waals surface area contributed by atoms with Crippen molar-refractivity contribution in [3.63, 3.8) is 0 Å². The molecule has 0 aliphatic carbocycles. The summed E-state index contributed by atoms with van der Waals surface area (Å²) < 4.78 is 0. The lowest BCUT2D eigenvalue weighted by Gasteiger charge is -2.22. The van der Waals surface area contributed by atoms with E-state index < -0.39 is 5.60 Å². The SMILES string of the molecule is CN(C)C(=O)c1sc(N2CCCC(C)(O)CC2)cc1N. The highest BCUT2D eigenvalue weighted by molar-refractivity contribution is 7.18. The molecule has 0 aromatic carbocycles. The molecule has 2 heterocycles. The first kappa shape index (κ1) is 15.1. The first-order chi connectivity index (χ1) is 9.30. The first-order valence-corrected chi connectivity index (χ1v) is 7.70. The fraction of sp³-hybridized carbons (Fsp3) is 0.643. The van der Waals surface area contributed by atoms with E-state index in [2.05, 4.69) is 4.90 Å². The number of nitrogens with two attached hydrogens (primary N) is 1. The Balaban J connectivity index is 2.18. The first-order valence-electron chi connectivity index (χ1n) is 6.88. The van der Waals surface area contributed by atoms with Crippen molar-refractivity contribution >= 4 is 27.9 Å². The molecule has 1 unspecified atom stereocenters. The third kappa shape index (κ3) is 3.24.